The third kappa shape index (κ3) is 2.40. The minimum absolute atomic E-state index is 0.214. The zero-order valence-electron chi connectivity index (χ0n) is 9.95. The molecule has 0 saturated heterocycles. The fourth-order valence-electron chi connectivity index (χ4n) is 1.36. The van der Waals surface area contributed by atoms with Gasteiger partial charge in [0.15, 0.2) is 5.75 Å². The molecule has 2 heterocycles. The maximum absolute atomic E-state index is 11.4. The van der Waals surface area contributed by atoms with Gasteiger partial charge in [-0.3, -0.25) is 4.68 Å². The predicted molar refractivity (Wildman–Crippen MR) is 63.3 cm³/mol. The first-order valence-corrected chi connectivity index (χ1v) is 5.10. The van der Waals surface area contributed by atoms with E-state index in [1.165, 1.54) is 25.6 Å². The monoisotopic (exact) mass is 248 g/mol. The van der Waals surface area contributed by atoms with Crippen molar-refractivity contribution in [3.63, 3.8) is 0 Å². The largest absolute Gasteiger partial charge is 0.465 e. The first-order valence-electron chi connectivity index (χ1n) is 5.10. The smallest absolute Gasteiger partial charge is 0.340 e. The molecule has 2 N–H and O–H groups in total. The predicted octanol–water partition coefficient (Wildman–Crippen LogP) is 0.976. The maximum Gasteiger partial charge on any atom is 0.340 e. The summed E-state index contributed by atoms with van der Waals surface area (Å²) in [5, 5.41) is 3.95. The summed E-state index contributed by atoms with van der Waals surface area (Å²) < 4.78 is 11.6. The van der Waals surface area contributed by atoms with Gasteiger partial charge in [-0.15, -0.1) is 0 Å². The van der Waals surface area contributed by atoms with Gasteiger partial charge in [-0.1, -0.05) is 0 Å². The standard InChI is InChI=1S/C11H12N4O3/c1-15-6-7(4-14-15)18-10-3-8(11(16)17-2)9(12)5-13-10/h3-6H,12H2,1-2H3. The second-order valence-corrected chi connectivity index (χ2v) is 3.55. The topological polar surface area (TPSA) is 92.3 Å². The van der Waals surface area contributed by atoms with Gasteiger partial charge >= 0.3 is 5.97 Å². The molecule has 0 atom stereocenters. The Kier molecular flexibility index (Phi) is 3.13. The van der Waals surface area contributed by atoms with E-state index >= 15 is 0 Å². The van der Waals surface area contributed by atoms with E-state index in [-0.39, 0.29) is 17.1 Å². The van der Waals surface area contributed by atoms with Crippen molar-refractivity contribution < 1.29 is 14.3 Å². The molecule has 0 saturated carbocycles. The Balaban J connectivity index is 2.27. The normalized spacial score (nSPS) is 10.1. The van der Waals surface area contributed by atoms with Crippen LogP contribution in [0.1, 0.15) is 10.4 Å². The van der Waals surface area contributed by atoms with Gasteiger partial charge in [-0.05, 0) is 0 Å². The van der Waals surface area contributed by atoms with E-state index in [9.17, 15) is 4.79 Å². The average Bonchev–Trinajstić information content (AvgIpc) is 2.76. The molecule has 0 aliphatic heterocycles. The van der Waals surface area contributed by atoms with E-state index in [4.69, 9.17) is 10.5 Å². The quantitative estimate of drug-likeness (QED) is 0.814. The number of rotatable bonds is 3. The highest BCUT2D eigenvalue weighted by molar-refractivity contribution is 5.95. The van der Waals surface area contributed by atoms with Gasteiger partial charge in [0, 0.05) is 13.1 Å². The minimum atomic E-state index is -0.536. The molecule has 18 heavy (non-hydrogen) atoms. The lowest BCUT2D eigenvalue weighted by Crippen LogP contribution is -2.06. The molecule has 0 spiro atoms. The first kappa shape index (κ1) is 11.9. The van der Waals surface area contributed by atoms with Crippen molar-refractivity contribution in [2.45, 2.75) is 0 Å². The molecule has 2 aromatic heterocycles. The molecular formula is C11H12N4O3. The van der Waals surface area contributed by atoms with Crippen LogP contribution in [-0.4, -0.2) is 27.8 Å². The van der Waals surface area contributed by atoms with Crippen LogP contribution in [0.3, 0.4) is 0 Å². The number of nitrogen functional groups attached to an aromatic ring is 1. The molecule has 7 nitrogen and oxygen atoms in total. The average molecular weight is 248 g/mol. The number of esters is 1. The summed E-state index contributed by atoms with van der Waals surface area (Å²) in [4.78, 5) is 15.4. The lowest BCUT2D eigenvalue weighted by molar-refractivity contribution is 0.0601. The molecule has 0 aliphatic rings. The highest BCUT2D eigenvalue weighted by atomic mass is 16.5. The molecule has 0 radical (unpaired) electrons. The van der Waals surface area contributed by atoms with Gasteiger partial charge in [0.25, 0.3) is 0 Å². The van der Waals surface area contributed by atoms with Gasteiger partial charge in [0.2, 0.25) is 5.88 Å². The Labute approximate surface area is 103 Å². The van der Waals surface area contributed by atoms with Crippen molar-refractivity contribution in [2.24, 2.45) is 7.05 Å². The number of methoxy groups -OCH3 is 1. The summed E-state index contributed by atoms with van der Waals surface area (Å²) in [6.07, 6.45) is 4.56. The molecule has 0 fully saturated rings. The van der Waals surface area contributed by atoms with Crippen LogP contribution in [0.15, 0.2) is 24.7 Å². The first-order chi connectivity index (χ1) is 8.60. The van der Waals surface area contributed by atoms with Crippen molar-refractivity contribution in [3.8, 4) is 11.6 Å². The van der Waals surface area contributed by atoms with Crippen LogP contribution in [0.4, 0.5) is 5.69 Å². The second kappa shape index (κ2) is 4.74. The van der Waals surface area contributed by atoms with Crippen LogP contribution in [0.25, 0.3) is 0 Å². The summed E-state index contributed by atoms with van der Waals surface area (Å²) >= 11 is 0. The molecule has 94 valence electrons. The van der Waals surface area contributed by atoms with Gasteiger partial charge in [-0.25, -0.2) is 9.78 Å². The number of nitrogens with two attached hydrogens (primary N) is 1. The van der Waals surface area contributed by atoms with E-state index in [2.05, 4.69) is 14.8 Å². The molecule has 7 heteroatoms. The number of hydrogen-bond acceptors (Lipinski definition) is 6. The van der Waals surface area contributed by atoms with Crippen molar-refractivity contribution in [1.82, 2.24) is 14.8 Å². The zero-order valence-corrected chi connectivity index (χ0v) is 9.95. The summed E-state index contributed by atoms with van der Waals surface area (Å²) in [6, 6.07) is 1.42. The Morgan fingerprint density at radius 3 is 2.83 bits per heavy atom. The Hall–Kier alpha value is -2.57. The highest BCUT2D eigenvalue weighted by Crippen LogP contribution is 2.22. The van der Waals surface area contributed by atoms with Crippen molar-refractivity contribution in [1.29, 1.82) is 0 Å². The number of ether oxygens (including phenoxy) is 2. The molecule has 0 aromatic carbocycles. The van der Waals surface area contributed by atoms with E-state index in [1.807, 2.05) is 0 Å². The van der Waals surface area contributed by atoms with Crippen LogP contribution >= 0.6 is 0 Å². The van der Waals surface area contributed by atoms with Gasteiger partial charge < -0.3 is 15.2 Å². The summed E-state index contributed by atoms with van der Waals surface area (Å²) in [6.45, 7) is 0. The van der Waals surface area contributed by atoms with Crippen molar-refractivity contribution >= 4 is 11.7 Å². The Morgan fingerprint density at radius 1 is 1.44 bits per heavy atom. The van der Waals surface area contributed by atoms with Crippen LogP contribution in [0.5, 0.6) is 11.6 Å². The number of hydrogen-bond donors (Lipinski definition) is 1. The van der Waals surface area contributed by atoms with Gasteiger partial charge in [-0.2, -0.15) is 5.10 Å². The van der Waals surface area contributed by atoms with E-state index in [1.54, 1.807) is 17.9 Å². The third-order valence-corrected chi connectivity index (χ3v) is 2.22. The molecule has 0 bridgehead atoms. The Bertz CT molecular complexity index is 579. The second-order valence-electron chi connectivity index (χ2n) is 3.55. The fourth-order valence-corrected chi connectivity index (χ4v) is 1.36. The zero-order chi connectivity index (χ0) is 13.1. The molecule has 0 amide bonds. The van der Waals surface area contributed by atoms with E-state index in [0.29, 0.717) is 5.75 Å². The highest BCUT2D eigenvalue weighted by Gasteiger charge is 2.12. The van der Waals surface area contributed by atoms with Crippen LogP contribution in [0.2, 0.25) is 0 Å². The number of aromatic nitrogens is 3. The number of nitrogens with zero attached hydrogens (tertiary/aromatic N) is 3. The number of aryl methyl sites for hydroxylation is 1. The lowest BCUT2D eigenvalue weighted by atomic mass is 10.2. The number of carbonyl (C=O) groups excluding carboxylic acids is 1. The van der Waals surface area contributed by atoms with E-state index < -0.39 is 5.97 Å². The number of pyridine rings is 1. The number of anilines is 1. The van der Waals surface area contributed by atoms with Crippen LogP contribution < -0.4 is 10.5 Å². The lowest BCUT2D eigenvalue weighted by Gasteiger charge is -2.06. The number of carbonyl (C=O) groups is 1. The molecule has 2 rings (SSSR count). The van der Waals surface area contributed by atoms with Crippen molar-refractivity contribution in [3.05, 3.63) is 30.2 Å². The molecule has 0 unspecified atom stereocenters. The maximum atomic E-state index is 11.4. The molecule has 0 aliphatic carbocycles. The SMILES string of the molecule is COC(=O)c1cc(Oc2cnn(C)c2)ncc1N. The minimum Gasteiger partial charge on any atom is -0.465 e. The summed E-state index contributed by atoms with van der Waals surface area (Å²) in [7, 11) is 3.05. The van der Waals surface area contributed by atoms with Gasteiger partial charge in [0.1, 0.15) is 0 Å². The van der Waals surface area contributed by atoms with E-state index in [0.717, 1.165) is 0 Å². The fraction of sp³-hybridized carbons (Fsp3) is 0.182. The van der Waals surface area contributed by atoms with Crippen LogP contribution in [-0.2, 0) is 11.8 Å². The summed E-state index contributed by atoms with van der Waals surface area (Å²) in [5.74, 6) is 0.231. The molecular weight excluding hydrogens is 236 g/mol. The third-order valence-electron chi connectivity index (χ3n) is 2.22. The molecule has 2 aromatic rings. The Morgan fingerprint density at radius 2 is 2.22 bits per heavy atom. The van der Waals surface area contributed by atoms with Crippen molar-refractivity contribution in [2.75, 3.05) is 12.8 Å². The van der Waals surface area contributed by atoms with Crippen LogP contribution in [0, 0.1) is 0 Å². The van der Waals surface area contributed by atoms with Gasteiger partial charge in [0.05, 0.1) is 37.0 Å². The summed E-state index contributed by atoms with van der Waals surface area (Å²) in [5.41, 5.74) is 6.08.